The van der Waals surface area contributed by atoms with E-state index in [4.69, 9.17) is 4.98 Å². The summed E-state index contributed by atoms with van der Waals surface area (Å²) >= 11 is 0. The van der Waals surface area contributed by atoms with Crippen LogP contribution in [0.5, 0.6) is 0 Å². The molecule has 0 bridgehead atoms. The zero-order valence-electron chi connectivity index (χ0n) is 16.1. The molecular weight excluding hydrogens is 332 g/mol. The molecule has 1 heterocycles. The number of para-hydroxylation sites is 1. The van der Waals surface area contributed by atoms with Crippen LogP contribution in [0, 0.1) is 0 Å². The van der Waals surface area contributed by atoms with E-state index in [1.807, 2.05) is 60.7 Å². The smallest absolute Gasteiger partial charge is 0.252 e. The van der Waals surface area contributed by atoms with Gasteiger partial charge >= 0.3 is 0 Å². The molecule has 3 heteroatoms. The highest BCUT2D eigenvalue weighted by molar-refractivity contribution is 6.07. The maximum absolute atomic E-state index is 12.8. The van der Waals surface area contributed by atoms with Crippen molar-refractivity contribution in [1.29, 1.82) is 0 Å². The second-order valence-electron chi connectivity index (χ2n) is 6.96. The maximum atomic E-state index is 12.8. The van der Waals surface area contributed by atoms with E-state index < -0.39 is 0 Å². The third-order valence-electron chi connectivity index (χ3n) is 4.85. The largest absolute Gasteiger partial charge is 0.352 e. The first-order chi connectivity index (χ1) is 13.3. The summed E-state index contributed by atoms with van der Waals surface area (Å²) in [7, 11) is 0. The van der Waals surface area contributed by atoms with Crippen molar-refractivity contribution in [2.24, 2.45) is 0 Å². The second-order valence-corrected chi connectivity index (χ2v) is 6.96. The van der Waals surface area contributed by atoms with Gasteiger partial charge in [0.25, 0.3) is 5.91 Å². The van der Waals surface area contributed by atoms with Crippen LogP contribution in [0.1, 0.15) is 55.8 Å². The number of hydrogen-bond donors (Lipinski definition) is 1. The lowest BCUT2D eigenvalue weighted by atomic mass is 10.0. The Morgan fingerprint density at radius 2 is 1.59 bits per heavy atom. The highest BCUT2D eigenvalue weighted by Crippen LogP contribution is 2.24. The molecule has 1 amide bonds. The number of pyridine rings is 1. The molecule has 2 aromatic carbocycles. The lowest BCUT2D eigenvalue weighted by Crippen LogP contribution is -2.24. The van der Waals surface area contributed by atoms with Crippen LogP contribution >= 0.6 is 0 Å². The van der Waals surface area contributed by atoms with Gasteiger partial charge < -0.3 is 5.32 Å². The van der Waals surface area contributed by atoms with E-state index >= 15 is 0 Å². The number of unbranched alkanes of at least 4 members (excludes halogenated alkanes) is 5. The van der Waals surface area contributed by atoms with E-state index in [2.05, 4.69) is 12.2 Å². The van der Waals surface area contributed by atoms with Crippen molar-refractivity contribution in [3.8, 4) is 11.3 Å². The molecule has 0 fully saturated rings. The van der Waals surface area contributed by atoms with Gasteiger partial charge in [0.05, 0.1) is 16.8 Å². The van der Waals surface area contributed by atoms with Crippen molar-refractivity contribution in [2.45, 2.75) is 45.4 Å². The summed E-state index contributed by atoms with van der Waals surface area (Å²) in [5, 5.41) is 3.99. The molecule has 3 rings (SSSR count). The summed E-state index contributed by atoms with van der Waals surface area (Å²) in [6, 6.07) is 19.8. The molecule has 0 unspecified atom stereocenters. The Kier molecular flexibility index (Phi) is 6.97. The molecule has 0 aliphatic carbocycles. The zero-order chi connectivity index (χ0) is 18.9. The Bertz CT molecular complexity index is 874. The Balaban J connectivity index is 1.73. The summed E-state index contributed by atoms with van der Waals surface area (Å²) in [5.74, 6) is -0.0145. The Hall–Kier alpha value is -2.68. The van der Waals surface area contributed by atoms with Crippen molar-refractivity contribution in [1.82, 2.24) is 10.3 Å². The fraction of sp³-hybridized carbons (Fsp3) is 0.333. The normalized spacial score (nSPS) is 10.9. The number of carbonyl (C=O) groups excluding carboxylic acids is 1. The predicted molar refractivity (Wildman–Crippen MR) is 113 cm³/mol. The number of carbonyl (C=O) groups is 1. The van der Waals surface area contributed by atoms with Gasteiger partial charge in [-0.15, -0.1) is 0 Å². The molecular formula is C24H28N2O. The van der Waals surface area contributed by atoms with Crippen LogP contribution in [0.25, 0.3) is 22.2 Å². The van der Waals surface area contributed by atoms with Crippen LogP contribution < -0.4 is 5.32 Å². The monoisotopic (exact) mass is 360 g/mol. The minimum Gasteiger partial charge on any atom is -0.352 e. The second kappa shape index (κ2) is 9.86. The zero-order valence-corrected chi connectivity index (χ0v) is 16.1. The molecule has 0 aliphatic rings. The lowest BCUT2D eigenvalue weighted by molar-refractivity contribution is 0.0954. The van der Waals surface area contributed by atoms with Gasteiger partial charge in [-0.25, -0.2) is 4.98 Å². The van der Waals surface area contributed by atoms with E-state index in [0.29, 0.717) is 5.56 Å². The molecule has 0 radical (unpaired) electrons. The average molecular weight is 361 g/mol. The number of benzene rings is 2. The number of hydrogen-bond acceptors (Lipinski definition) is 2. The van der Waals surface area contributed by atoms with Crippen LogP contribution in [0.3, 0.4) is 0 Å². The molecule has 0 saturated heterocycles. The van der Waals surface area contributed by atoms with Crippen LogP contribution in [-0.2, 0) is 0 Å². The molecule has 27 heavy (non-hydrogen) atoms. The Labute approximate surface area is 161 Å². The quantitative estimate of drug-likeness (QED) is 0.476. The van der Waals surface area contributed by atoms with Crippen molar-refractivity contribution < 1.29 is 4.79 Å². The van der Waals surface area contributed by atoms with Crippen LogP contribution in [0.4, 0.5) is 0 Å². The van der Waals surface area contributed by atoms with E-state index in [-0.39, 0.29) is 5.91 Å². The highest BCUT2D eigenvalue weighted by atomic mass is 16.1. The maximum Gasteiger partial charge on any atom is 0.252 e. The highest BCUT2D eigenvalue weighted by Gasteiger charge is 2.13. The SMILES string of the molecule is CCCCCCCCNC(=O)c1cc(-c2ccccc2)nc2ccccc12. The summed E-state index contributed by atoms with van der Waals surface area (Å²) < 4.78 is 0. The number of rotatable bonds is 9. The minimum atomic E-state index is -0.0145. The van der Waals surface area contributed by atoms with Gasteiger partial charge in [0.2, 0.25) is 0 Å². The van der Waals surface area contributed by atoms with Gasteiger partial charge in [-0.2, -0.15) is 0 Å². The first-order valence-corrected chi connectivity index (χ1v) is 10.0. The van der Waals surface area contributed by atoms with Crippen molar-refractivity contribution in [3.63, 3.8) is 0 Å². The molecule has 0 aliphatic heterocycles. The van der Waals surface area contributed by atoms with E-state index in [9.17, 15) is 4.79 Å². The van der Waals surface area contributed by atoms with Crippen molar-refractivity contribution >= 4 is 16.8 Å². The molecule has 1 aromatic heterocycles. The summed E-state index contributed by atoms with van der Waals surface area (Å²) in [4.78, 5) is 17.6. The van der Waals surface area contributed by atoms with Gasteiger partial charge in [-0.1, -0.05) is 87.6 Å². The predicted octanol–water partition coefficient (Wildman–Crippen LogP) is 5.99. The number of nitrogens with one attached hydrogen (secondary N) is 1. The van der Waals surface area contributed by atoms with E-state index in [0.717, 1.165) is 35.1 Å². The lowest BCUT2D eigenvalue weighted by Gasteiger charge is -2.11. The van der Waals surface area contributed by atoms with E-state index in [1.54, 1.807) is 0 Å². The van der Waals surface area contributed by atoms with Gasteiger partial charge in [-0.3, -0.25) is 4.79 Å². The number of amides is 1. The third kappa shape index (κ3) is 5.16. The third-order valence-corrected chi connectivity index (χ3v) is 4.85. The van der Waals surface area contributed by atoms with Crippen LogP contribution in [-0.4, -0.2) is 17.4 Å². The number of fused-ring (bicyclic) bond motifs is 1. The summed E-state index contributed by atoms with van der Waals surface area (Å²) in [6.45, 7) is 2.95. The average Bonchev–Trinajstić information content (AvgIpc) is 2.72. The van der Waals surface area contributed by atoms with Gasteiger partial charge in [0.1, 0.15) is 0 Å². The van der Waals surface area contributed by atoms with Crippen LogP contribution in [0.15, 0.2) is 60.7 Å². The molecule has 0 atom stereocenters. The topological polar surface area (TPSA) is 42.0 Å². The van der Waals surface area contributed by atoms with E-state index in [1.165, 1.54) is 32.1 Å². The molecule has 0 spiro atoms. The first kappa shape index (κ1) is 19.1. The molecule has 140 valence electrons. The number of nitrogens with zero attached hydrogens (tertiary/aromatic N) is 1. The Morgan fingerprint density at radius 1 is 0.889 bits per heavy atom. The molecule has 0 saturated carbocycles. The minimum absolute atomic E-state index is 0.0145. The number of aromatic nitrogens is 1. The standard InChI is InChI=1S/C24H28N2O/c1-2-3-4-5-6-12-17-25-24(27)21-18-23(19-13-8-7-9-14-19)26-22-16-11-10-15-20(21)22/h7-11,13-16,18H,2-6,12,17H2,1H3,(H,25,27). The fourth-order valence-corrected chi connectivity index (χ4v) is 3.32. The molecule has 3 aromatic rings. The molecule has 1 N–H and O–H groups in total. The summed E-state index contributed by atoms with van der Waals surface area (Å²) in [6.07, 6.45) is 7.31. The van der Waals surface area contributed by atoms with Gasteiger partial charge in [0.15, 0.2) is 0 Å². The van der Waals surface area contributed by atoms with Crippen molar-refractivity contribution in [2.75, 3.05) is 6.54 Å². The summed E-state index contributed by atoms with van der Waals surface area (Å²) in [5.41, 5.74) is 3.40. The molecule has 3 nitrogen and oxygen atoms in total. The van der Waals surface area contributed by atoms with Gasteiger partial charge in [0, 0.05) is 17.5 Å². The van der Waals surface area contributed by atoms with Gasteiger partial charge in [-0.05, 0) is 18.6 Å². The Morgan fingerprint density at radius 3 is 2.41 bits per heavy atom. The first-order valence-electron chi connectivity index (χ1n) is 10.0. The van der Waals surface area contributed by atoms with Crippen molar-refractivity contribution in [3.05, 3.63) is 66.2 Å². The van der Waals surface area contributed by atoms with Crippen LogP contribution in [0.2, 0.25) is 0 Å². The fourth-order valence-electron chi connectivity index (χ4n) is 3.32.